The number of ether oxygens (including phenoxy) is 2. The molecule has 1 amide bonds. The van der Waals surface area contributed by atoms with Gasteiger partial charge in [-0.2, -0.15) is 4.98 Å². The molecule has 0 aliphatic carbocycles. The second-order valence-corrected chi connectivity index (χ2v) is 7.66. The minimum Gasteiger partial charge on any atom is -0.493 e. The zero-order valence-corrected chi connectivity index (χ0v) is 18.0. The lowest BCUT2D eigenvalue weighted by atomic mass is 10.0. The van der Waals surface area contributed by atoms with E-state index in [1.54, 1.807) is 30.7 Å². The monoisotopic (exact) mass is 422 g/mol. The Balaban J connectivity index is 1.76. The number of benzene rings is 1. The molecular weight excluding hydrogens is 396 g/mol. The molecule has 3 aromatic rings. The van der Waals surface area contributed by atoms with Crippen LogP contribution < -0.4 is 25.0 Å². The highest BCUT2D eigenvalue weighted by Crippen LogP contribution is 2.31. The Bertz CT molecular complexity index is 1100. The summed E-state index contributed by atoms with van der Waals surface area (Å²) in [4.78, 5) is 28.3. The largest absolute Gasteiger partial charge is 0.493 e. The van der Waals surface area contributed by atoms with E-state index in [0.717, 1.165) is 24.2 Å². The van der Waals surface area contributed by atoms with Crippen LogP contribution >= 0.6 is 0 Å². The number of anilines is 2. The van der Waals surface area contributed by atoms with E-state index in [-0.39, 0.29) is 11.9 Å². The summed E-state index contributed by atoms with van der Waals surface area (Å²) in [6.07, 6.45) is 4.86. The van der Waals surface area contributed by atoms with Crippen LogP contribution in [0, 0.1) is 0 Å². The van der Waals surface area contributed by atoms with Crippen LogP contribution in [-0.2, 0) is 0 Å². The number of nitrogens with zero attached hydrogens (tertiary/aromatic N) is 4. The van der Waals surface area contributed by atoms with Crippen molar-refractivity contribution in [2.75, 3.05) is 37.5 Å². The molecule has 4 rings (SSSR count). The number of piperazine rings is 1. The number of amides is 1. The number of methoxy groups -OCH3 is 2. The number of carbonyl (C=O) groups is 1. The summed E-state index contributed by atoms with van der Waals surface area (Å²) in [7, 11) is 3.04. The van der Waals surface area contributed by atoms with Gasteiger partial charge in [0.2, 0.25) is 0 Å². The molecule has 0 spiro atoms. The van der Waals surface area contributed by atoms with Gasteiger partial charge in [0.25, 0.3) is 5.91 Å². The fraction of sp³-hybridized carbons (Fsp3) is 0.364. The Kier molecular flexibility index (Phi) is 5.85. The van der Waals surface area contributed by atoms with Crippen LogP contribution in [0.1, 0.15) is 24.2 Å². The van der Waals surface area contributed by atoms with Gasteiger partial charge >= 0.3 is 6.01 Å². The van der Waals surface area contributed by atoms with Gasteiger partial charge in [-0.05, 0) is 32.0 Å². The Morgan fingerprint density at radius 2 is 1.90 bits per heavy atom. The number of aromatic nitrogens is 3. The zero-order chi connectivity index (χ0) is 22.0. The molecule has 1 aliphatic rings. The normalized spacial score (nSPS) is 18.6. The first-order chi connectivity index (χ1) is 15.0. The molecule has 0 saturated carbocycles. The molecule has 2 N–H and O–H groups in total. The molecule has 1 aromatic carbocycles. The van der Waals surface area contributed by atoms with Crippen molar-refractivity contribution in [2.45, 2.75) is 25.9 Å². The third-order valence-corrected chi connectivity index (χ3v) is 5.28. The van der Waals surface area contributed by atoms with Gasteiger partial charge in [0.15, 0.2) is 5.75 Å². The summed E-state index contributed by atoms with van der Waals surface area (Å²) in [5.74, 6) is 0.177. The summed E-state index contributed by atoms with van der Waals surface area (Å²) >= 11 is 0. The topological polar surface area (TPSA) is 102 Å². The minimum absolute atomic E-state index is 0.210. The summed E-state index contributed by atoms with van der Waals surface area (Å²) in [5, 5.41) is 7.23. The third kappa shape index (κ3) is 4.22. The minimum atomic E-state index is -0.302. The molecule has 31 heavy (non-hydrogen) atoms. The number of carbonyl (C=O) groups excluding carboxylic acids is 1. The Labute approximate surface area is 180 Å². The summed E-state index contributed by atoms with van der Waals surface area (Å²) in [6, 6.07) is 6.35. The predicted molar refractivity (Wildman–Crippen MR) is 119 cm³/mol. The number of hydrogen-bond donors (Lipinski definition) is 2. The van der Waals surface area contributed by atoms with Crippen molar-refractivity contribution in [2.24, 2.45) is 0 Å². The molecule has 2 aromatic heterocycles. The Morgan fingerprint density at radius 3 is 2.61 bits per heavy atom. The number of nitrogens with one attached hydrogen (secondary N) is 2. The quantitative estimate of drug-likeness (QED) is 0.647. The van der Waals surface area contributed by atoms with Gasteiger partial charge in [-0.15, -0.1) is 0 Å². The van der Waals surface area contributed by atoms with Crippen molar-refractivity contribution in [3.05, 3.63) is 42.4 Å². The molecule has 1 saturated heterocycles. The third-order valence-electron chi connectivity index (χ3n) is 5.28. The van der Waals surface area contributed by atoms with Crippen LogP contribution in [0.2, 0.25) is 0 Å². The maximum absolute atomic E-state index is 13.2. The first-order valence-corrected chi connectivity index (χ1v) is 10.1. The van der Waals surface area contributed by atoms with Crippen molar-refractivity contribution in [3.63, 3.8) is 0 Å². The number of rotatable bonds is 5. The van der Waals surface area contributed by atoms with Gasteiger partial charge in [-0.3, -0.25) is 9.78 Å². The average molecular weight is 422 g/mol. The standard InChI is InChI=1S/C22H26N6O3/c1-13-11-28(12-14(2)25-13)18-6-5-15(20-16(18)9-24-22(27-20)31-4)21(29)26-17-7-8-23-10-19(17)30-3/h5-10,13-14,25H,11-12H2,1-4H3,(H,23,26,29)/t13-,14-/m0/s1. The molecule has 162 valence electrons. The molecule has 2 atom stereocenters. The average Bonchev–Trinajstić information content (AvgIpc) is 2.77. The van der Waals surface area contributed by atoms with Crippen LogP contribution in [0.25, 0.3) is 10.9 Å². The molecule has 0 radical (unpaired) electrons. The number of fused-ring (bicyclic) bond motifs is 1. The van der Waals surface area contributed by atoms with E-state index in [1.165, 1.54) is 14.2 Å². The summed E-state index contributed by atoms with van der Waals surface area (Å²) in [5.41, 5.74) is 2.49. The highest BCUT2D eigenvalue weighted by atomic mass is 16.5. The molecule has 9 heteroatoms. The molecule has 0 bridgehead atoms. The Hall–Kier alpha value is -3.46. The van der Waals surface area contributed by atoms with Crippen LogP contribution in [-0.4, -0.2) is 60.3 Å². The molecule has 1 fully saturated rings. The SMILES string of the molecule is COc1ncc2c(N3C[C@H](C)N[C@@H](C)C3)ccc(C(=O)Nc3ccncc3OC)c2n1. The first kappa shape index (κ1) is 20.8. The van der Waals surface area contributed by atoms with Crippen molar-refractivity contribution < 1.29 is 14.3 Å². The Morgan fingerprint density at radius 1 is 1.13 bits per heavy atom. The van der Waals surface area contributed by atoms with E-state index in [0.29, 0.717) is 34.6 Å². The molecule has 1 aliphatic heterocycles. The summed E-state index contributed by atoms with van der Waals surface area (Å²) < 4.78 is 10.5. The van der Waals surface area contributed by atoms with Gasteiger partial charge in [0.05, 0.1) is 37.2 Å². The maximum Gasteiger partial charge on any atom is 0.316 e. The van der Waals surface area contributed by atoms with Crippen molar-refractivity contribution in [1.82, 2.24) is 20.3 Å². The van der Waals surface area contributed by atoms with Gasteiger partial charge in [-0.25, -0.2) is 4.98 Å². The van der Waals surface area contributed by atoms with E-state index in [1.807, 2.05) is 6.07 Å². The van der Waals surface area contributed by atoms with E-state index < -0.39 is 0 Å². The van der Waals surface area contributed by atoms with Crippen LogP contribution in [0.15, 0.2) is 36.8 Å². The highest BCUT2D eigenvalue weighted by Gasteiger charge is 2.25. The highest BCUT2D eigenvalue weighted by molar-refractivity contribution is 6.14. The maximum atomic E-state index is 13.2. The van der Waals surface area contributed by atoms with Gasteiger partial charge in [-0.1, -0.05) is 0 Å². The van der Waals surface area contributed by atoms with Gasteiger partial charge < -0.3 is 25.0 Å². The fourth-order valence-electron chi connectivity index (χ4n) is 4.01. The van der Waals surface area contributed by atoms with Crippen LogP contribution in [0.5, 0.6) is 11.8 Å². The van der Waals surface area contributed by atoms with Gasteiger partial charge in [0, 0.05) is 48.6 Å². The van der Waals surface area contributed by atoms with E-state index in [2.05, 4.69) is 44.3 Å². The molecular formula is C22H26N6O3. The van der Waals surface area contributed by atoms with Crippen molar-refractivity contribution in [1.29, 1.82) is 0 Å². The second kappa shape index (κ2) is 8.73. The lowest BCUT2D eigenvalue weighted by Crippen LogP contribution is -2.54. The molecule has 3 heterocycles. The molecule has 0 unspecified atom stereocenters. The lowest BCUT2D eigenvalue weighted by molar-refractivity contribution is 0.102. The second-order valence-electron chi connectivity index (χ2n) is 7.66. The number of pyridine rings is 1. The number of hydrogen-bond acceptors (Lipinski definition) is 8. The van der Waals surface area contributed by atoms with Crippen LogP contribution in [0.3, 0.4) is 0 Å². The van der Waals surface area contributed by atoms with E-state index >= 15 is 0 Å². The van der Waals surface area contributed by atoms with Crippen LogP contribution in [0.4, 0.5) is 11.4 Å². The first-order valence-electron chi connectivity index (χ1n) is 10.1. The van der Waals surface area contributed by atoms with E-state index in [9.17, 15) is 4.79 Å². The smallest absolute Gasteiger partial charge is 0.316 e. The van der Waals surface area contributed by atoms with Gasteiger partial charge in [0.1, 0.15) is 0 Å². The summed E-state index contributed by atoms with van der Waals surface area (Å²) in [6.45, 7) is 6.03. The predicted octanol–water partition coefficient (Wildman–Crippen LogP) is 2.48. The fourth-order valence-corrected chi connectivity index (χ4v) is 4.01. The zero-order valence-electron chi connectivity index (χ0n) is 18.0. The van der Waals surface area contributed by atoms with Crippen molar-refractivity contribution >= 4 is 28.2 Å². The van der Waals surface area contributed by atoms with Crippen molar-refractivity contribution in [3.8, 4) is 11.8 Å². The van der Waals surface area contributed by atoms with E-state index in [4.69, 9.17) is 9.47 Å². The molecule has 9 nitrogen and oxygen atoms in total. The lowest BCUT2D eigenvalue weighted by Gasteiger charge is -2.38.